The van der Waals surface area contributed by atoms with Gasteiger partial charge in [0.1, 0.15) is 0 Å². The van der Waals surface area contributed by atoms with E-state index in [0.717, 1.165) is 18.6 Å². The van der Waals surface area contributed by atoms with E-state index >= 15 is 0 Å². The van der Waals surface area contributed by atoms with Crippen LogP contribution in [0.25, 0.3) is 0 Å². The molecule has 2 unspecified atom stereocenters. The summed E-state index contributed by atoms with van der Waals surface area (Å²) in [5.74, 6) is 1.11. The van der Waals surface area contributed by atoms with Crippen LogP contribution in [0.4, 0.5) is 4.79 Å². The van der Waals surface area contributed by atoms with Gasteiger partial charge in [0.15, 0.2) is 0 Å². The molecule has 1 rings (SSSR count). The highest BCUT2D eigenvalue weighted by atomic mass is 16.2. The second kappa shape index (κ2) is 4.25. The van der Waals surface area contributed by atoms with E-state index < -0.39 is 6.03 Å². The molecule has 3 N–H and O–H groups in total. The first-order chi connectivity index (χ1) is 6.11. The quantitative estimate of drug-likeness (QED) is 0.594. The van der Waals surface area contributed by atoms with Crippen LogP contribution >= 0.6 is 0 Å². The first-order valence-electron chi connectivity index (χ1n) is 4.73. The van der Waals surface area contributed by atoms with Crippen LogP contribution < -0.4 is 11.2 Å². The third-order valence-corrected chi connectivity index (χ3v) is 2.78. The molecule has 0 radical (unpaired) electrons. The summed E-state index contributed by atoms with van der Waals surface area (Å²) in [6.07, 6.45) is 3.38. The maximum Gasteiger partial charge on any atom is 0.332 e. The summed E-state index contributed by atoms with van der Waals surface area (Å²) in [7, 11) is 0. The monoisotopic (exact) mass is 183 g/mol. The van der Waals surface area contributed by atoms with E-state index in [0.29, 0.717) is 11.8 Å². The third-order valence-electron chi connectivity index (χ3n) is 2.78. The molecule has 2 atom stereocenters. The predicted molar refractivity (Wildman–Crippen MR) is 52.3 cm³/mol. The summed E-state index contributed by atoms with van der Waals surface area (Å²) in [4.78, 5) is 10.4. The number of hydrazone groups is 1. The van der Waals surface area contributed by atoms with Crippen LogP contribution in [-0.4, -0.2) is 11.7 Å². The molecule has 0 bridgehead atoms. The molecule has 0 heterocycles. The predicted octanol–water partition coefficient (Wildman–Crippen LogP) is 1.47. The van der Waals surface area contributed by atoms with Gasteiger partial charge in [-0.15, -0.1) is 0 Å². The zero-order chi connectivity index (χ0) is 9.84. The van der Waals surface area contributed by atoms with Gasteiger partial charge < -0.3 is 5.73 Å². The Morgan fingerprint density at radius 1 is 1.62 bits per heavy atom. The average Bonchev–Trinajstić information content (AvgIpc) is 2.07. The Balaban J connectivity index is 2.56. The molecule has 74 valence electrons. The Morgan fingerprint density at radius 3 is 2.92 bits per heavy atom. The highest BCUT2D eigenvalue weighted by molar-refractivity contribution is 5.88. The molecular weight excluding hydrogens is 166 g/mol. The fourth-order valence-corrected chi connectivity index (χ4v) is 1.70. The molecule has 0 aliphatic heterocycles. The molecule has 1 aliphatic carbocycles. The number of primary amides is 1. The van der Waals surface area contributed by atoms with Crippen LogP contribution in [0.3, 0.4) is 0 Å². The lowest BCUT2D eigenvalue weighted by Crippen LogP contribution is -2.30. The molecule has 1 saturated carbocycles. The third kappa shape index (κ3) is 2.72. The lowest BCUT2D eigenvalue weighted by atomic mass is 9.80. The van der Waals surface area contributed by atoms with Crippen LogP contribution in [0.1, 0.15) is 33.1 Å². The molecule has 0 aromatic carbocycles. The van der Waals surface area contributed by atoms with Crippen molar-refractivity contribution >= 4 is 11.7 Å². The largest absolute Gasteiger partial charge is 0.350 e. The number of carbonyl (C=O) groups is 1. The number of amides is 2. The summed E-state index contributed by atoms with van der Waals surface area (Å²) in [5, 5.41) is 4.01. The highest BCUT2D eigenvalue weighted by Crippen LogP contribution is 2.26. The van der Waals surface area contributed by atoms with Gasteiger partial charge in [-0.25, -0.2) is 10.2 Å². The minimum absolute atomic E-state index is 0.459. The van der Waals surface area contributed by atoms with Gasteiger partial charge in [0, 0.05) is 5.71 Å². The molecule has 2 amide bonds. The van der Waals surface area contributed by atoms with Gasteiger partial charge >= 0.3 is 6.03 Å². The lowest BCUT2D eigenvalue weighted by Gasteiger charge is -2.26. The fraction of sp³-hybridized carbons (Fsp3) is 0.778. The number of hydrogen-bond acceptors (Lipinski definition) is 2. The van der Waals surface area contributed by atoms with Gasteiger partial charge in [-0.2, -0.15) is 5.10 Å². The Bertz CT molecular complexity index is 225. The number of urea groups is 1. The Morgan fingerprint density at radius 2 is 2.31 bits per heavy atom. The number of rotatable bonds is 1. The van der Waals surface area contributed by atoms with Crippen molar-refractivity contribution in [3.63, 3.8) is 0 Å². The molecule has 0 saturated heterocycles. The van der Waals surface area contributed by atoms with Crippen LogP contribution in [0.2, 0.25) is 0 Å². The summed E-state index contributed by atoms with van der Waals surface area (Å²) < 4.78 is 0. The second-order valence-electron chi connectivity index (χ2n) is 3.74. The second-order valence-corrected chi connectivity index (χ2v) is 3.74. The number of nitrogens with zero attached hydrogens (tertiary/aromatic N) is 1. The van der Waals surface area contributed by atoms with E-state index in [-0.39, 0.29) is 0 Å². The van der Waals surface area contributed by atoms with Crippen LogP contribution in [0, 0.1) is 11.8 Å². The van der Waals surface area contributed by atoms with Crippen molar-refractivity contribution in [1.82, 2.24) is 5.43 Å². The SMILES string of the molecule is CC1CCCC(=NNC(N)=O)C1C. The number of nitrogens with one attached hydrogen (secondary N) is 1. The summed E-state index contributed by atoms with van der Waals surface area (Å²) in [6.45, 7) is 4.36. The minimum atomic E-state index is -0.585. The van der Waals surface area contributed by atoms with Crippen LogP contribution in [0.5, 0.6) is 0 Å². The molecule has 0 aromatic heterocycles. The van der Waals surface area contributed by atoms with Gasteiger partial charge in [-0.05, 0) is 31.1 Å². The molecule has 13 heavy (non-hydrogen) atoms. The normalized spacial score (nSPS) is 31.7. The number of carbonyl (C=O) groups excluding carboxylic acids is 1. The van der Waals surface area contributed by atoms with Crippen molar-refractivity contribution in [1.29, 1.82) is 0 Å². The first-order valence-corrected chi connectivity index (χ1v) is 4.73. The molecule has 0 aromatic rings. The maximum atomic E-state index is 10.4. The van der Waals surface area contributed by atoms with Gasteiger partial charge in [-0.1, -0.05) is 13.8 Å². The van der Waals surface area contributed by atoms with Gasteiger partial charge in [0.05, 0.1) is 0 Å². The van der Waals surface area contributed by atoms with Crippen LogP contribution in [0.15, 0.2) is 5.10 Å². The molecule has 0 spiro atoms. The Labute approximate surface area is 78.6 Å². The first kappa shape index (κ1) is 10.0. The van der Waals surface area contributed by atoms with Gasteiger partial charge in [0.2, 0.25) is 0 Å². The van der Waals surface area contributed by atoms with E-state index in [2.05, 4.69) is 24.4 Å². The molecular formula is C9H17N3O. The highest BCUT2D eigenvalue weighted by Gasteiger charge is 2.22. The average molecular weight is 183 g/mol. The Kier molecular flexibility index (Phi) is 3.28. The van der Waals surface area contributed by atoms with E-state index in [4.69, 9.17) is 5.73 Å². The van der Waals surface area contributed by atoms with Crippen molar-refractivity contribution in [3.05, 3.63) is 0 Å². The molecule has 1 fully saturated rings. The molecule has 4 nitrogen and oxygen atoms in total. The zero-order valence-corrected chi connectivity index (χ0v) is 8.21. The molecule has 4 heteroatoms. The summed E-state index contributed by atoms with van der Waals surface area (Å²) in [6, 6.07) is -0.585. The number of hydrogen-bond donors (Lipinski definition) is 2. The van der Waals surface area contributed by atoms with Crippen molar-refractivity contribution in [2.75, 3.05) is 0 Å². The zero-order valence-electron chi connectivity index (χ0n) is 8.21. The minimum Gasteiger partial charge on any atom is -0.350 e. The topological polar surface area (TPSA) is 67.5 Å². The fourth-order valence-electron chi connectivity index (χ4n) is 1.70. The van der Waals surface area contributed by atoms with Gasteiger partial charge in [-0.3, -0.25) is 0 Å². The lowest BCUT2D eigenvalue weighted by molar-refractivity contribution is 0.249. The number of nitrogens with two attached hydrogens (primary N) is 1. The summed E-state index contributed by atoms with van der Waals surface area (Å²) >= 11 is 0. The Hall–Kier alpha value is -1.06. The van der Waals surface area contributed by atoms with Crippen molar-refractivity contribution in [2.45, 2.75) is 33.1 Å². The van der Waals surface area contributed by atoms with E-state index in [1.807, 2.05) is 0 Å². The van der Waals surface area contributed by atoms with Crippen molar-refractivity contribution in [2.24, 2.45) is 22.7 Å². The van der Waals surface area contributed by atoms with Crippen LogP contribution in [-0.2, 0) is 0 Å². The molecule has 1 aliphatic rings. The van der Waals surface area contributed by atoms with E-state index in [1.165, 1.54) is 6.42 Å². The van der Waals surface area contributed by atoms with Crippen molar-refractivity contribution < 1.29 is 4.79 Å². The van der Waals surface area contributed by atoms with E-state index in [9.17, 15) is 4.79 Å². The van der Waals surface area contributed by atoms with Crippen molar-refractivity contribution in [3.8, 4) is 0 Å². The standard InChI is InChI=1S/C9H17N3O/c1-6-4-3-5-8(7(6)2)11-12-9(10)13/h6-7H,3-5H2,1-2H3,(H3,10,12,13). The maximum absolute atomic E-state index is 10.4. The van der Waals surface area contributed by atoms with E-state index in [1.54, 1.807) is 0 Å². The van der Waals surface area contributed by atoms with Gasteiger partial charge in [0.25, 0.3) is 0 Å². The summed E-state index contributed by atoms with van der Waals surface area (Å²) in [5.41, 5.74) is 8.29. The smallest absolute Gasteiger partial charge is 0.332 e.